The van der Waals surface area contributed by atoms with E-state index >= 15 is 0 Å². The molecular weight excluding hydrogens is 971 g/mol. The second-order valence-corrected chi connectivity index (χ2v) is 19.5. The SMILES string of the molecule is C=Cc1ccc(COCc2ccc(-c3ccc(/C=C/c4ccc(N5CCOc6cc(C)ccc6N=CCOCCOCCN(CC)c6ccc(C)cc6OCC5)c(OCCOC)c4)s3)s2)cc1.CCOCCOC. The molecule has 0 N–H and O–H groups in total. The molecule has 12 nitrogen and oxygen atoms in total. The van der Waals surface area contributed by atoms with Crippen LogP contribution in [0.25, 0.3) is 28.0 Å². The lowest BCUT2D eigenvalue weighted by Gasteiger charge is -2.29. The number of ether oxygens (including phenoxy) is 9. The van der Waals surface area contributed by atoms with Crippen molar-refractivity contribution >= 4 is 64.2 Å². The van der Waals surface area contributed by atoms with Gasteiger partial charge in [0.1, 0.15) is 42.8 Å². The second-order valence-electron chi connectivity index (χ2n) is 17.2. The minimum absolute atomic E-state index is 0.376. The summed E-state index contributed by atoms with van der Waals surface area (Å²) in [6, 6.07) is 35.8. The first kappa shape index (κ1) is 57.5. The summed E-state index contributed by atoms with van der Waals surface area (Å²) in [6.45, 7) is 21.8. The average Bonchev–Trinajstić information content (AvgIpc) is 4.10. The van der Waals surface area contributed by atoms with Crippen molar-refractivity contribution in [2.24, 2.45) is 4.99 Å². The van der Waals surface area contributed by atoms with E-state index in [1.54, 1.807) is 43.1 Å². The summed E-state index contributed by atoms with van der Waals surface area (Å²) < 4.78 is 52.5. The summed E-state index contributed by atoms with van der Waals surface area (Å²) in [6.07, 6.45) is 7.94. The van der Waals surface area contributed by atoms with Crippen LogP contribution in [0.3, 0.4) is 0 Å². The third-order valence-corrected chi connectivity index (χ3v) is 14.0. The van der Waals surface area contributed by atoms with Crippen LogP contribution in [0.1, 0.15) is 51.4 Å². The first-order chi connectivity index (χ1) is 36.3. The monoisotopic (exact) mass is 1050 g/mol. The van der Waals surface area contributed by atoms with Crippen molar-refractivity contribution < 1.29 is 42.6 Å². The van der Waals surface area contributed by atoms with E-state index in [0.717, 1.165) is 86.7 Å². The number of thiophene rings is 2. The van der Waals surface area contributed by atoms with Gasteiger partial charge in [-0.3, -0.25) is 4.99 Å². The van der Waals surface area contributed by atoms with Crippen molar-refractivity contribution in [3.05, 3.63) is 147 Å². The fourth-order valence-electron chi connectivity index (χ4n) is 7.73. The number of anilines is 2. The summed E-state index contributed by atoms with van der Waals surface area (Å²) in [5.74, 6) is 2.32. The molecule has 396 valence electrons. The van der Waals surface area contributed by atoms with Gasteiger partial charge in [0.2, 0.25) is 0 Å². The zero-order chi connectivity index (χ0) is 52.2. The summed E-state index contributed by atoms with van der Waals surface area (Å²) in [7, 11) is 3.35. The fraction of sp³-hybridized carbons (Fsp3) is 0.383. The van der Waals surface area contributed by atoms with Gasteiger partial charge in [-0.25, -0.2) is 0 Å². The molecular formula is C60H75N3O9S2. The molecule has 0 fully saturated rings. The van der Waals surface area contributed by atoms with Gasteiger partial charge in [-0.15, -0.1) is 22.7 Å². The largest absolute Gasteiger partial charge is 0.490 e. The molecule has 0 bridgehead atoms. The number of hydrogen-bond acceptors (Lipinski definition) is 14. The third-order valence-electron chi connectivity index (χ3n) is 11.7. The highest BCUT2D eigenvalue weighted by Gasteiger charge is 2.18. The molecule has 7 rings (SSSR count). The molecule has 0 amide bonds. The Morgan fingerprint density at radius 1 is 0.635 bits per heavy atom. The van der Waals surface area contributed by atoms with Crippen molar-refractivity contribution in [3.8, 4) is 27.0 Å². The Kier molecular flexibility index (Phi) is 25.2. The van der Waals surface area contributed by atoms with Crippen molar-refractivity contribution in [1.82, 2.24) is 0 Å². The highest BCUT2D eigenvalue weighted by molar-refractivity contribution is 7.22. The molecule has 0 saturated carbocycles. The number of hydrogen-bond donors (Lipinski definition) is 0. The minimum Gasteiger partial charge on any atom is -0.490 e. The van der Waals surface area contributed by atoms with Crippen LogP contribution in [0.4, 0.5) is 17.1 Å². The number of methoxy groups -OCH3 is 2. The molecule has 0 aliphatic carbocycles. The van der Waals surface area contributed by atoms with E-state index in [4.69, 9.17) is 47.6 Å². The van der Waals surface area contributed by atoms with E-state index in [1.807, 2.05) is 31.2 Å². The standard InChI is InChI=1S/C55H63N3O7S2.C5H12O2/c1-6-43-10-12-45(13-11-43)39-62-40-47-18-23-55(67-47)54-22-17-46(66-54)16-14-44-15-21-50(53(38-44)65-35-32-59-5)58-26-30-63-51-36-41(3)8-19-48(51)56-24-28-60-33-34-61-29-25-57(7-2)49-20-9-42(4)37-52(49)64-31-27-58;1-3-7-5-4-6-2/h6,8-24,36-38H,1,7,25-35,39-40H2,2-5H3;3-5H2,1-2H3/b16-14+,56-24?;. The van der Waals surface area contributed by atoms with Crippen molar-refractivity contribution in [3.63, 3.8) is 0 Å². The van der Waals surface area contributed by atoms with Gasteiger partial charge in [0.05, 0.1) is 83.9 Å². The van der Waals surface area contributed by atoms with Crippen LogP contribution in [-0.2, 0) is 41.6 Å². The lowest BCUT2D eigenvalue weighted by Crippen LogP contribution is -2.33. The van der Waals surface area contributed by atoms with Crippen LogP contribution in [0.5, 0.6) is 17.2 Å². The van der Waals surface area contributed by atoms with Crippen molar-refractivity contribution in [1.29, 1.82) is 0 Å². The number of aryl methyl sites for hydroxylation is 2. The Morgan fingerprint density at radius 2 is 1.34 bits per heavy atom. The molecule has 4 aromatic carbocycles. The molecule has 0 atom stereocenters. The van der Waals surface area contributed by atoms with Gasteiger partial charge in [-0.2, -0.15) is 0 Å². The molecule has 74 heavy (non-hydrogen) atoms. The lowest BCUT2D eigenvalue weighted by atomic mass is 10.1. The normalized spacial score (nSPS) is 14.0. The molecule has 2 aromatic heterocycles. The first-order valence-electron chi connectivity index (χ1n) is 25.4. The number of nitrogens with zero attached hydrogens (tertiary/aromatic N) is 3. The summed E-state index contributed by atoms with van der Waals surface area (Å²) in [5, 5.41) is 0. The van der Waals surface area contributed by atoms with E-state index in [-0.39, 0.29) is 0 Å². The topological polar surface area (TPSA) is 102 Å². The first-order valence-corrected chi connectivity index (χ1v) is 27.1. The molecule has 0 saturated heterocycles. The average molecular weight is 1050 g/mol. The quantitative estimate of drug-likeness (QED) is 0.0769. The van der Waals surface area contributed by atoms with Gasteiger partial charge >= 0.3 is 0 Å². The van der Waals surface area contributed by atoms with Gasteiger partial charge in [0, 0.05) is 59.6 Å². The molecule has 1 aliphatic heterocycles. The van der Waals surface area contributed by atoms with Crippen LogP contribution in [0.2, 0.25) is 0 Å². The van der Waals surface area contributed by atoms with Gasteiger partial charge < -0.3 is 52.4 Å². The molecule has 14 heteroatoms. The Morgan fingerprint density at radius 3 is 2.11 bits per heavy atom. The van der Waals surface area contributed by atoms with Gasteiger partial charge in [0.25, 0.3) is 0 Å². The highest BCUT2D eigenvalue weighted by Crippen LogP contribution is 2.36. The zero-order valence-electron chi connectivity index (χ0n) is 44.2. The summed E-state index contributed by atoms with van der Waals surface area (Å²) >= 11 is 3.55. The lowest BCUT2D eigenvalue weighted by molar-refractivity contribution is 0.0657. The molecule has 6 aromatic rings. The molecule has 0 radical (unpaired) electrons. The van der Waals surface area contributed by atoms with Crippen LogP contribution >= 0.6 is 22.7 Å². The maximum Gasteiger partial charge on any atom is 0.145 e. The van der Waals surface area contributed by atoms with E-state index in [9.17, 15) is 0 Å². The highest BCUT2D eigenvalue weighted by atomic mass is 32.1. The smallest absolute Gasteiger partial charge is 0.145 e. The molecule has 1 aliphatic rings. The van der Waals surface area contributed by atoms with E-state index in [2.05, 4.69) is 134 Å². The number of likely N-dealkylation sites (N-methyl/N-ethyl adjacent to an activating group) is 1. The Labute approximate surface area is 447 Å². The van der Waals surface area contributed by atoms with Gasteiger partial charge in [0.15, 0.2) is 0 Å². The zero-order valence-corrected chi connectivity index (χ0v) is 45.8. The minimum atomic E-state index is 0.376. The number of benzene rings is 4. The molecule has 3 heterocycles. The van der Waals surface area contributed by atoms with Crippen molar-refractivity contribution in [2.45, 2.75) is 40.9 Å². The Hall–Kier alpha value is -5.81. The van der Waals surface area contributed by atoms with Crippen LogP contribution in [0.15, 0.2) is 115 Å². The predicted octanol–water partition coefficient (Wildman–Crippen LogP) is 12.9. The summed E-state index contributed by atoms with van der Waals surface area (Å²) in [5.41, 5.74) is 8.25. The maximum atomic E-state index is 6.67. The van der Waals surface area contributed by atoms with Gasteiger partial charge in [-0.1, -0.05) is 61.2 Å². The maximum absolute atomic E-state index is 6.67. The van der Waals surface area contributed by atoms with Gasteiger partial charge in [-0.05, 0) is 122 Å². The summed E-state index contributed by atoms with van der Waals surface area (Å²) in [4.78, 5) is 14.1. The molecule has 0 unspecified atom stereocenters. The number of rotatable bonds is 18. The third kappa shape index (κ3) is 19.2. The number of fused-ring (bicyclic) bond motifs is 2. The van der Waals surface area contributed by atoms with E-state index in [1.165, 1.54) is 14.6 Å². The Bertz CT molecular complexity index is 2620. The van der Waals surface area contributed by atoms with Crippen LogP contribution in [-0.4, -0.2) is 119 Å². The van der Waals surface area contributed by atoms with E-state index in [0.29, 0.717) is 92.4 Å². The van der Waals surface area contributed by atoms with Crippen LogP contribution < -0.4 is 24.0 Å². The fourth-order valence-corrected chi connectivity index (χ4v) is 9.68. The number of aliphatic imine (C=N–C) groups is 1. The van der Waals surface area contributed by atoms with Crippen molar-refractivity contribution in [2.75, 3.05) is 123 Å². The second kappa shape index (κ2) is 32.5. The molecule has 0 spiro atoms. The van der Waals surface area contributed by atoms with E-state index < -0.39 is 0 Å². The Balaban J connectivity index is 0.00000119. The predicted molar refractivity (Wildman–Crippen MR) is 307 cm³/mol. The van der Waals surface area contributed by atoms with Crippen LogP contribution in [0, 0.1) is 13.8 Å².